The maximum Gasteiger partial charge on any atom is 0.265 e. The maximum atomic E-state index is 13.0. The molecule has 0 aliphatic carbocycles. The van der Waals surface area contributed by atoms with Crippen molar-refractivity contribution in [1.29, 1.82) is 0 Å². The number of rotatable bonds is 4. The van der Waals surface area contributed by atoms with Crippen molar-refractivity contribution in [2.24, 2.45) is 0 Å². The fourth-order valence-corrected chi connectivity index (χ4v) is 5.07. The minimum Gasteiger partial charge on any atom is -0.335 e. The second-order valence-corrected chi connectivity index (χ2v) is 8.58. The van der Waals surface area contributed by atoms with E-state index in [1.54, 1.807) is 0 Å². The van der Waals surface area contributed by atoms with Crippen LogP contribution < -0.4 is 0 Å². The van der Waals surface area contributed by atoms with Crippen LogP contribution in [0.5, 0.6) is 0 Å². The second kappa shape index (κ2) is 8.48. The number of benzene rings is 2. The molecule has 5 heteroatoms. The van der Waals surface area contributed by atoms with E-state index in [9.17, 15) is 4.79 Å². The van der Waals surface area contributed by atoms with Crippen LogP contribution in [0.1, 0.15) is 20.8 Å². The molecule has 1 amide bonds. The number of carbonyl (C=O) groups excluding carboxylic acids is 1. The van der Waals surface area contributed by atoms with Crippen molar-refractivity contribution < 1.29 is 4.79 Å². The first-order valence-corrected chi connectivity index (χ1v) is 10.7. The van der Waals surface area contributed by atoms with Gasteiger partial charge < -0.3 is 4.90 Å². The first-order chi connectivity index (χ1) is 13.6. The summed E-state index contributed by atoms with van der Waals surface area (Å²) in [5, 5.41) is 1.57. The summed E-state index contributed by atoms with van der Waals surface area (Å²) >= 11 is 8.03. The monoisotopic (exact) mass is 410 g/mol. The molecule has 4 rings (SSSR count). The van der Waals surface area contributed by atoms with Crippen LogP contribution in [-0.4, -0.2) is 48.4 Å². The topological polar surface area (TPSA) is 23.6 Å². The lowest BCUT2D eigenvalue weighted by atomic mass is 10.2. The number of hydrogen-bond acceptors (Lipinski definition) is 3. The first kappa shape index (κ1) is 19.2. The average Bonchev–Trinajstić information content (AvgIpc) is 3.04. The Labute approximate surface area is 174 Å². The third-order valence-corrected chi connectivity index (χ3v) is 6.76. The normalized spacial score (nSPS) is 15.6. The Kier molecular flexibility index (Phi) is 5.81. The van der Waals surface area contributed by atoms with Crippen molar-refractivity contribution in [1.82, 2.24) is 9.80 Å². The van der Waals surface area contributed by atoms with E-state index >= 15 is 0 Å². The lowest BCUT2D eigenvalue weighted by Gasteiger charge is -2.34. The number of fused-ring (bicyclic) bond motifs is 1. The number of hydrogen-bond donors (Lipinski definition) is 0. The number of piperazine rings is 1. The highest BCUT2D eigenvalue weighted by atomic mass is 35.5. The summed E-state index contributed by atoms with van der Waals surface area (Å²) in [5.74, 6) is 0.0586. The van der Waals surface area contributed by atoms with Gasteiger partial charge in [0.2, 0.25) is 0 Å². The van der Waals surface area contributed by atoms with Gasteiger partial charge in [-0.3, -0.25) is 9.69 Å². The van der Waals surface area contributed by atoms with Crippen LogP contribution in [0.3, 0.4) is 0 Å². The molecule has 3 nitrogen and oxygen atoms in total. The molecule has 0 bridgehead atoms. The van der Waals surface area contributed by atoms with E-state index in [0.717, 1.165) is 42.8 Å². The first-order valence-electron chi connectivity index (χ1n) is 9.54. The zero-order valence-corrected chi connectivity index (χ0v) is 17.5. The van der Waals surface area contributed by atoms with Crippen LogP contribution in [0.2, 0.25) is 5.02 Å². The Morgan fingerprint density at radius 1 is 1.11 bits per heavy atom. The Balaban J connectivity index is 1.36. The molecule has 1 aliphatic heterocycles. The van der Waals surface area contributed by atoms with Gasteiger partial charge in [-0.25, -0.2) is 0 Å². The molecular weight excluding hydrogens is 388 g/mol. The van der Waals surface area contributed by atoms with Crippen LogP contribution in [0.15, 0.2) is 54.6 Å². The van der Waals surface area contributed by atoms with Crippen molar-refractivity contribution in [2.45, 2.75) is 6.92 Å². The predicted molar refractivity (Wildman–Crippen MR) is 119 cm³/mol. The predicted octanol–water partition coefficient (Wildman–Crippen LogP) is 5.33. The number of carbonyl (C=O) groups is 1. The molecule has 1 fully saturated rings. The molecule has 1 aliphatic rings. The summed E-state index contributed by atoms with van der Waals surface area (Å²) in [6, 6.07) is 16.5. The van der Waals surface area contributed by atoms with E-state index in [0.29, 0.717) is 9.90 Å². The molecule has 0 spiro atoms. The van der Waals surface area contributed by atoms with Gasteiger partial charge >= 0.3 is 0 Å². The summed E-state index contributed by atoms with van der Waals surface area (Å²) < 4.78 is 1.08. The van der Waals surface area contributed by atoms with Gasteiger partial charge in [-0.05, 0) is 24.1 Å². The van der Waals surface area contributed by atoms with Gasteiger partial charge in [0.05, 0.1) is 5.02 Å². The fraction of sp³-hybridized carbons (Fsp3) is 0.261. The maximum absolute atomic E-state index is 13.0. The SMILES string of the molecule is Cc1ccc2c(Cl)c(C(=O)N3CCN(C/C=C/c4ccccc4)CC3)sc2c1. The van der Waals surface area contributed by atoms with Crippen LogP contribution in [0.25, 0.3) is 16.2 Å². The van der Waals surface area contributed by atoms with Gasteiger partial charge in [0.1, 0.15) is 4.88 Å². The van der Waals surface area contributed by atoms with E-state index in [-0.39, 0.29) is 5.91 Å². The molecule has 2 heterocycles. The zero-order valence-electron chi connectivity index (χ0n) is 15.9. The summed E-state index contributed by atoms with van der Waals surface area (Å²) in [4.78, 5) is 18.0. The number of thiophene rings is 1. The third-order valence-electron chi connectivity index (χ3n) is 5.11. The van der Waals surface area contributed by atoms with E-state index in [1.807, 2.05) is 35.2 Å². The summed E-state index contributed by atoms with van der Waals surface area (Å²) in [6.45, 7) is 6.20. The van der Waals surface area contributed by atoms with Gasteiger partial charge in [-0.2, -0.15) is 0 Å². The quantitative estimate of drug-likeness (QED) is 0.580. The highest BCUT2D eigenvalue weighted by Gasteiger charge is 2.25. The Morgan fingerprint density at radius 2 is 1.86 bits per heavy atom. The smallest absolute Gasteiger partial charge is 0.265 e. The van der Waals surface area contributed by atoms with Gasteiger partial charge in [-0.1, -0.05) is 66.2 Å². The lowest BCUT2D eigenvalue weighted by molar-refractivity contribution is 0.0655. The van der Waals surface area contributed by atoms with Crippen molar-refractivity contribution in [3.8, 4) is 0 Å². The highest BCUT2D eigenvalue weighted by molar-refractivity contribution is 7.21. The van der Waals surface area contributed by atoms with Gasteiger partial charge in [-0.15, -0.1) is 11.3 Å². The molecule has 0 atom stereocenters. The van der Waals surface area contributed by atoms with Crippen molar-refractivity contribution in [3.63, 3.8) is 0 Å². The molecule has 1 aromatic heterocycles. The Bertz CT molecular complexity index is 1000. The minimum atomic E-state index is 0.0586. The van der Waals surface area contributed by atoms with Gasteiger partial charge in [0.15, 0.2) is 0 Å². The van der Waals surface area contributed by atoms with Crippen molar-refractivity contribution >= 4 is 45.0 Å². The Morgan fingerprint density at radius 3 is 2.61 bits per heavy atom. The summed E-state index contributed by atoms with van der Waals surface area (Å²) in [6.07, 6.45) is 4.34. The van der Waals surface area contributed by atoms with E-state index in [4.69, 9.17) is 11.6 Å². The van der Waals surface area contributed by atoms with Gasteiger partial charge in [0.25, 0.3) is 5.91 Å². The molecule has 0 N–H and O–H groups in total. The van der Waals surface area contributed by atoms with Crippen molar-refractivity contribution in [2.75, 3.05) is 32.7 Å². The fourth-order valence-electron chi connectivity index (χ4n) is 3.49. The largest absolute Gasteiger partial charge is 0.335 e. The molecule has 2 aromatic carbocycles. The number of amides is 1. The molecule has 0 saturated carbocycles. The van der Waals surface area contributed by atoms with E-state index in [1.165, 1.54) is 22.5 Å². The summed E-state index contributed by atoms with van der Waals surface area (Å²) in [5.41, 5.74) is 2.40. The molecule has 1 saturated heterocycles. The minimum absolute atomic E-state index is 0.0586. The third kappa shape index (κ3) is 4.14. The zero-order chi connectivity index (χ0) is 19.5. The average molecular weight is 411 g/mol. The van der Waals surface area contributed by atoms with Crippen LogP contribution in [0, 0.1) is 6.92 Å². The van der Waals surface area contributed by atoms with Crippen LogP contribution >= 0.6 is 22.9 Å². The van der Waals surface area contributed by atoms with E-state index in [2.05, 4.69) is 42.2 Å². The number of aryl methyl sites for hydroxylation is 1. The van der Waals surface area contributed by atoms with Gasteiger partial charge in [0, 0.05) is 42.8 Å². The van der Waals surface area contributed by atoms with E-state index < -0.39 is 0 Å². The van der Waals surface area contributed by atoms with Crippen LogP contribution in [-0.2, 0) is 0 Å². The lowest BCUT2D eigenvalue weighted by Crippen LogP contribution is -2.48. The molecule has 28 heavy (non-hydrogen) atoms. The number of halogens is 1. The highest BCUT2D eigenvalue weighted by Crippen LogP contribution is 2.36. The standard InChI is InChI=1S/C23H23ClN2OS/c1-17-9-10-19-20(16-17)28-22(21(19)24)23(27)26-14-12-25(13-15-26)11-5-8-18-6-3-2-4-7-18/h2-10,16H,11-15H2,1H3/b8-5+. The molecule has 3 aromatic rings. The molecule has 0 radical (unpaired) electrons. The second-order valence-electron chi connectivity index (χ2n) is 7.15. The van der Waals surface area contributed by atoms with Crippen molar-refractivity contribution in [3.05, 3.63) is 75.6 Å². The van der Waals surface area contributed by atoms with Crippen LogP contribution in [0.4, 0.5) is 0 Å². The Hall–Kier alpha value is -2.14. The summed E-state index contributed by atoms with van der Waals surface area (Å²) in [7, 11) is 0. The number of nitrogens with zero attached hydrogens (tertiary/aromatic N) is 2. The molecule has 0 unspecified atom stereocenters. The molecule has 144 valence electrons. The molecular formula is C23H23ClN2OS.